The van der Waals surface area contributed by atoms with Crippen molar-refractivity contribution in [2.45, 2.75) is 32.2 Å². The van der Waals surface area contributed by atoms with Crippen molar-refractivity contribution >= 4 is 52.7 Å². The van der Waals surface area contributed by atoms with Crippen LogP contribution in [0.15, 0.2) is 103 Å². The number of rotatable bonds is 16. The molecule has 0 aliphatic heterocycles. The van der Waals surface area contributed by atoms with Gasteiger partial charge < -0.3 is 51.2 Å². The Bertz CT molecular complexity index is 2530. The second kappa shape index (κ2) is 19.9. The zero-order valence-corrected chi connectivity index (χ0v) is 33.1. The summed E-state index contributed by atoms with van der Waals surface area (Å²) >= 11 is 0. The van der Waals surface area contributed by atoms with Crippen LogP contribution in [0.3, 0.4) is 0 Å². The van der Waals surface area contributed by atoms with Gasteiger partial charge in [0.15, 0.2) is 23.0 Å². The van der Waals surface area contributed by atoms with Crippen molar-refractivity contribution in [3.8, 4) is 34.8 Å². The summed E-state index contributed by atoms with van der Waals surface area (Å²) in [6.07, 6.45) is 2.20. The number of methoxy groups -OCH3 is 2. The molecule has 5 aromatic carbocycles. The lowest BCUT2D eigenvalue weighted by Crippen LogP contribution is -2.43. The van der Waals surface area contributed by atoms with Crippen molar-refractivity contribution < 1.29 is 53.9 Å². The monoisotopic (exact) mass is 827 g/mol. The molecule has 0 aliphatic rings. The number of carboxylic acid groups (broad SMARTS) is 1. The lowest BCUT2D eigenvalue weighted by molar-refractivity contribution is -0.118. The molecule has 5 aromatic rings. The van der Waals surface area contributed by atoms with Gasteiger partial charge >= 0.3 is 5.97 Å². The third-order valence-corrected chi connectivity index (χ3v) is 9.34. The number of nitriles is 1. The van der Waals surface area contributed by atoms with E-state index in [0.717, 1.165) is 17.2 Å². The lowest BCUT2D eigenvalue weighted by Gasteiger charge is -2.17. The number of hydrogen-bond acceptors (Lipinski definition) is 11. The second-order valence-corrected chi connectivity index (χ2v) is 13.5. The number of amides is 4. The van der Waals surface area contributed by atoms with E-state index in [2.05, 4.69) is 21.3 Å². The normalized spacial score (nSPS) is 11.3. The Morgan fingerprint density at radius 1 is 0.705 bits per heavy atom. The van der Waals surface area contributed by atoms with Gasteiger partial charge in [-0.15, -0.1) is 0 Å². The highest BCUT2D eigenvalue weighted by atomic mass is 16.5. The average Bonchev–Trinajstić information content (AvgIpc) is 3.24. The van der Waals surface area contributed by atoms with Crippen LogP contribution in [-0.4, -0.2) is 70.3 Å². The quantitative estimate of drug-likeness (QED) is 0.0514. The highest BCUT2D eigenvalue weighted by molar-refractivity contribution is 6.09. The Morgan fingerprint density at radius 2 is 1.31 bits per heavy atom. The zero-order valence-electron chi connectivity index (χ0n) is 33.1. The number of benzene rings is 5. The molecule has 0 bridgehead atoms. The maximum absolute atomic E-state index is 13.2. The molecular formula is C45H41N5O11. The molecule has 0 saturated heterocycles. The first-order valence-corrected chi connectivity index (χ1v) is 18.5. The zero-order chi connectivity index (χ0) is 44.2. The molecule has 16 nitrogen and oxygen atoms in total. The van der Waals surface area contributed by atoms with Crippen LogP contribution in [0.25, 0.3) is 6.08 Å². The molecule has 61 heavy (non-hydrogen) atoms. The average molecular weight is 828 g/mol. The highest BCUT2D eigenvalue weighted by Crippen LogP contribution is 2.39. The molecule has 16 heteroatoms. The summed E-state index contributed by atoms with van der Waals surface area (Å²) in [4.78, 5) is 63.4. The van der Waals surface area contributed by atoms with Gasteiger partial charge in [0.25, 0.3) is 17.7 Å². The molecule has 8 N–H and O–H groups in total. The predicted octanol–water partition coefficient (Wildman–Crippen LogP) is 6.25. The summed E-state index contributed by atoms with van der Waals surface area (Å²) in [6, 6.07) is 25.3. The Morgan fingerprint density at radius 3 is 1.93 bits per heavy atom. The van der Waals surface area contributed by atoms with Crippen LogP contribution >= 0.6 is 0 Å². The third-order valence-electron chi connectivity index (χ3n) is 9.34. The molecule has 1 atom stereocenters. The van der Waals surface area contributed by atoms with Crippen molar-refractivity contribution in [2.75, 3.05) is 30.2 Å². The van der Waals surface area contributed by atoms with Crippen LogP contribution in [0.2, 0.25) is 0 Å². The minimum Gasteiger partial charge on any atom is -0.508 e. The molecule has 0 aliphatic carbocycles. The SMILES string of the molecule is COc1c(CCc2ccc(NC(=O)[C@H](CC#N)NC(=O)c3ccc(NC(=O)/C(C)=C/c4ccc(O)cc4)cc3)cc2)ccc(C(=O)Nc2ccc(C(=O)O)c(O)c2OC)c1O. The molecule has 0 unspecified atom stereocenters. The maximum Gasteiger partial charge on any atom is 0.339 e. The minimum absolute atomic E-state index is 0.0262. The van der Waals surface area contributed by atoms with Gasteiger partial charge in [0.2, 0.25) is 5.91 Å². The van der Waals surface area contributed by atoms with E-state index in [0.29, 0.717) is 35.4 Å². The standard InChI is InChI=1S/C45H41N5O11/c1-25(24-27-7-17-32(51)18-8-27)41(54)47-31-15-10-29(11-16-31)42(55)50-36(22-23-46)44(57)48-30-13-5-26(6-14-30)4-9-28-12-19-33(37(52)39(28)60-2)43(56)49-35-21-20-34(45(58)59)38(53)40(35)61-3/h5-8,10-21,24,36,51-53H,4,9,22H2,1-3H3,(H,47,54)(H,48,57)(H,49,56)(H,50,55)(H,58,59)/b25-24+/t36-/m0/s1. The summed E-state index contributed by atoms with van der Waals surface area (Å²) in [5, 5.41) is 59.9. The summed E-state index contributed by atoms with van der Waals surface area (Å²) in [6.45, 7) is 1.64. The molecule has 0 spiro atoms. The van der Waals surface area contributed by atoms with E-state index in [1.165, 1.54) is 62.8 Å². The number of phenols is 3. The van der Waals surface area contributed by atoms with Crippen LogP contribution in [-0.2, 0) is 22.4 Å². The number of phenolic OH excluding ortho intramolecular Hbond substituents is 2. The van der Waals surface area contributed by atoms with Gasteiger partial charge in [-0.2, -0.15) is 5.26 Å². The number of ether oxygens (including phenoxy) is 2. The van der Waals surface area contributed by atoms with E-state index in [-0.39, 0.29) is 46.4 Å². The van der Waals surface area contributed by atoms with E-state index >= 15 is 0 Å². The first kappa shape index (κ1) is 43.8. The summed E-state index contributed by atoms with van der Waals surface area (Å²) in [5.41, 5.74) is 3.02. The molecule has 0 heterocycles. The van der Waals surface area contributed by atoms with Gasteiger partial charge in [-0.25, -0.2) is 4.79 Å². The fourth-order valence-electron chi connectivity index (χ4n) is 6.09. The van der Waals surface area contributed by atoms with Gasteiger partial charge in [0.1, 0.15) is 17.4 Å². The molecule has 5 rings (SSSR count). The van der Waals surface area contributed by atoms with Gasteiger partial charge in [-0.05, 0) is 109 Å². The van der Waals surface area contributed by atoms with Crippen molar-refractivity contribution in [1.82, 2.24) is 5.32 Å². The Kier molecular flexibility index (Phi) is 14.3. The van der Waals surface area contributed by atoms with Gasteiger partial charge in [-0.1, -0.05) is 30.3 Å². The van der Waals surface area contributed by atoms with Crippen LogP contribution < -0.4 is 30.7 Å². The van der Waals surface area contributed by atoms with E-state index in [4.69, 9.17) is 9.47 Å². The topological polar surface area (TPSA) is 257 Å². The van der Waals surface area contributed by atoms with Crippen LogP contribution in [0.1, 0.15) is 61.1 Å². The molecule has 0 saturated carbocycles. The first-order valence-electron chi connectivity index (χ1n) is 18.5. The fourth-order valence-corrected chi connectivity index (χ4v) is 6.09. The molecule has 0 aromatic heterocycles. The number of anilines is 3. The molecule has 0 radical (unpaired) electrons. The van der Waals surface area contributed by atoms with Crippen molar-refractivity contribution in [3.05, 3.63) is 136 Å². The number of aryl methyl sites for hydroxylation is 2. The number of aromatic hydroxyl groups is 3. The number of carbonyl (C=O) groups is 5. The summed E-state index contributed by atoms with van der Waals surface area (Å²) in [5.74, 6) is -4.96. The summed E-state index contributed by atoms with van der Waals surface area (Å²) < 4.78 is 10.5. The van der Waals surface area contributed by atoms with E-state index in [1.807, 2.05) is 6.07 Å². The van der Waals surface area contributed by atoms with Crippen LogP contribution in [0.5, 0.6) is 28.7 Å². The van der Waals surface area contributed by atoms with Crippen LogP contribution in [0.4, 0.5) is 17.1 Å². The van der Waals surface area contributed by atoms with Gasteiger partial charge in [0.05, 0.1) is 38.0 Å². The first-order chi connectivity index (χ1) is 29.2. The maximum atomic E-state index is 13.2. The van der Waals surface area contributed by atoms with E-state index in [1.54, 1.807) is 55.5 Å². The molecule has 4 amide bonds. The smallest absolute Gasteiger partial charge is 0.339 e. The third kappa shape index (κ3) is 11.0. The molecule has 0 fully saturated rings. The Hall–Kier alpha value is -8.32. The lowest BCUT2D eigenvalue weighted by atomic mass is 10.0. The minimum atomic E-state index is -1.39. The second-order valence-electron chi connectivity index (χ2n) is 13.5. The number of carboxylic acids is 1. The summed E-state index contributed by atoms with van der Waals surface area (Å²) in [7, 11) is 2.54. The number of nitrogens with zero attached hydrogens (tertiary/aromatic N) is 1. The number of carbonyl (C=O) groups excluding carboxylic acids is 4. The van der Waals surface area contributed by atoms with E-state index < -0.39 is 46.8 Å². The Balaban J connectivity index is 1.16. The number of hydrogen-bond donors (Lipinski definition) is 8. The van der Waals surface area contributed by atoms with Crippen molar-refractivity contribution in [2.24, 2.45) is 0 Å². The van der Waals surface area contributed by atoms with Crippen LogP contribution in [0, 0.1) is 11.3 Å². The van der Waals surface area contributed by atoms with E-state index in [9.17, 15) is 49.7 Å². The van der Waals surface area contributed by atoms with Crippen molar-refractivity contribution in [3.63, 3.8) is 0 Å². The number of nitrogens with one attached hydrogen (secondary N) is 4. The van der Waals surface area contributed by atoms with Crippen molar-refractivity contribution in [1.29, 1.82) is 5.26 Å². The Labute approximate surface area is 349 Å². The molecule has 312 valence electrons. The van der Waals surface area contributed by atoms with Gasteiger partial charge in [0, 0.05) is 22.5 Å². The number of aromatic carboxylic acids is 1. The largest absolute Gasteiger partial charge is 0.508 e. The predicted molar refractivity (Wildman–Crippen MR) is 225 cm³/mol. The highest BCUT2D eigenvalue weighted by Gasteiger charge is 2.24. The molecular weight excluding hydrogens is 787 g/mol. The van der Waals surface area contributed by atoms with Gasteiger partial charge in [-0.3, -0.25) is 19.2 Å². The fraction of sp³-hybridized carbons (Fsp3) is 0.156.